The van der Waals surface area contributed by atoms with Crippen LogP contribution in [-0.2, 0) is 9.53 Å². The molecule has 3 heteroatoms. The summed E-state index contributed by atoms with van der Waals surface area (Å²) in [6, 6.07) is -0.236. The molecule has 0 fully saturated rings. The molecule has 0 aromatic rings. The van der Waals surface area contributed by atoms with Crippen molar-refractivity contribution < 1.29 is 9.53 Å². The summed E-state index contributed by atoms with van der Waals surface area (Å²) in [6.07, 6.45) is 0. The van der Waals surface area contributed by atoms with Crippen LogP contribution in [0.4, 0.5) is 0 Å². The second-order valence-corrected chi connectivity index (χ2v) is 5.88. The van der Waals surface area contributed by atoms with Crippen LogP contribution in [0.2, 0.25) is 0 Å². The van der Waals surface area contributed by atoms with Gasteiger partial charge in [0, 0.05) is 0 Å². The summed E-state index contributed by atoms with van der Waals surface area (Å²) in [7, 11) is 0. The Kier molecular flexibility index (Phi) is 6.01. The summed E-state index contributed by atoms with van der Waals surface area (Å²) in [4.78, 5) is 11.7. The molecule has 2 atom stereocenters. The molecule has 0 saturated heterocycles. The first-order chi connectivity index (χ1) is 7.13. The van der Waals surface area contributed by atoms with Crippen LogP contribution >= 0.6 is 0 Å². The molecule has 3 nitrogen and oxygen atoms in total. The van der Waals surface area contributed by atoms with E-state index < -0.39 is 5.60 Å². The molecule has 0 bridgehead atoms. The van der Waals surface area contributed by atoms with Crippen molar-refractivity contribution in [1.29, 1.82) is 0 Å². The van der Waals surface area contributed by atoms with Gasteiger partial charge in [-0.15, -0.1) is 0 Å². The third kappa shape index (κ3) is 6.83. The van der Waals surface area contributed by atoms with E-state index in [2.05, 4.69) is 26.1 Å². The molecule has 0 spiro atoms. The molecule has 0 rings (SSSR count). The van der Waals surface area contributed by atoms with Gasteiger partial charge in [-0.05, 0) is 46.1 Å². The zero-order valence-electron chi connectivity index (χ0n) is 11.8. The van der Waals surface area contributed by atoms with Gasteiger partial charge < -0.3 is 10.1 Å². The Hall–Kier alpha value is -0.570. The van der Waals surface area contributed by atoms with Gasteiger partial charge in [-0.3, -0.25) is 4.79 Å². The van der Waals surface area contributed by atoms with Crippen LogP contribution in [0, 0.1) is 11.8 Å². The highest BCUT2D eigenvalue weighted by molar-refractivity contribution is 5.75. The minimum absolute atomic E-state index is 0.177. The minimum Gasteiger partial charge on any atom is -0.459 e. The van der Waals surface area contributed by atoms with Gasteiger partial charge in [0.15, 0.2) is 0 Å². The van der Waals surface area contributed by atoms with Gasteiger partial charge in [-0.1, -0.05) is 20.8 Å². The van der Waals surface area contributed by atoms with Gasteiger partial charge in [-0.25, -0.2) is 0 Å². The van der Waals surface area contributed by atoms with Crippen molar-refractivity contribution in [2.75, 3.05) is 6.54 Å². The van der Waals surface area contributed by atoms with Crippen LogP contribution in [0.3, 0.4) is 0 Å². The number of esters is 1. The first-order valence-electron chi connectivity index (χ1n) is 6.09. The van der Waals surface area contributed by atoms with Crippen molar-refractivity contribution in [3.05, 3.63) is 0 Å². The maximum absolute atomic E-state index is 11.7. The third-order valence-electron chi connectivity index (χ3n) is 2.64. The van der Waals surface area contributed by atoms with Crippen LogP contribution < -0.4 is 5.32 Å². The molecule has 0 heterocycles. The van der Waals surface area contributed by atoms with Crippen molar-refractivity contribution >= 4 is 5.97 Å². The molecule has 0 aliphatic rings. The first-order valence-corrected chi connectivity index (χ1v) is 6.09. The highest BCUT2D eigenvalue weighted by Crippen LogP contribution is 2.10. The Balaban J connectivity index is 3.98. The maximum atomic E-state index is 11.7. The number of rotatable bonds is 5. The van der Waals surface area contributed by atoms with E-state index >= 15 is 0 Å². The van der Waals surface area contributed by atoms with Gasteiger partial charge in [0.05, 0.1) is 0 Å². The lowest BCUT2D eigenvalue weighted by molar-refractivity contribution is -0.157. The van der Waals surface area contributed by atoms with Gasteiger partial charge in [0.2, 0.25) is 0 Å². The summed E-state index contributed by atoms with van der Waals surface area (Å²) in [5.41, 5.74) is -0.406. The highest BCUT2D eigenvalue weighted by Gasteiger charge is 2.21. The standard InChI is InChI=1S/C13H27NO2/c1-9(2)10(3)8-14-11(4)12(15)16-13(5,6)7/h9-11,14H,8H2,1-7H3. The van der Waals surface area contributed by atoms with Gasteiger partial charge in [0.25, 0.3) is 0 Å². The van der Waals surface area contributed by atoms with Crippen molar-refractivity contribution in [2.45, 2.75) is 60.1 Å². The van der Waals surface area contributed by atoms with Gasteiger partial charge in [-0.2, -0.15) is 0 Å². The first kappa shape index (κ1) is 15.4. The summed E-state index contributed by atoms with van der Waals surface area (Å²) in [6.45, 7) is 14.9. The van der Waals surface area contributed by atoms with Crippen molar-refractivity contribution in [3.63, 3.8) is 0 Å². The van der Waals surface area contributed by atoms with Crippen LogP contribution in [0.1, 0.15) is 48.5 Å². The molecular formula is C13H27NO2. The molecule has 0 aromatic carbocycles. The Bertz CT molecular complexity index is 218. The average molecular weight is 229 g/mol. The summed E-state index contributed by atoms with van der Waals surface area (Å²) < 4.78 is 5.29. The fraction of sp³-hybridized carbons (Fsp3) is 0.923. The molecular weight excluding hydrogens is 202 g/mol. The van der Waals surface area contributed by atoms with E-state index in [1.54, 1.807) is 0 Å². The van der Waals surface area contributed by atoms with Gasteiger partial charge in [0.1, 0.15) is 11.6 Å². The lowest BCUT2D eigenvalue weighted by Gasteiger charge is -2.24. The zero-order chi connectivity index (χ0) is 12.9. The molecule has 0 aromatic heterocycles. The maximum Gasteiger partial charge on any atom is 0.323 e. The van der Waals surface area contributed by atoms with E-state index in [0.29, 0.717) is 11.8 Å². The molecule has 0 aliphatic heterocycles. The lowest BCUT2D eigenvalue weighted by Crippen LogP contribution is -2.41. The molecule has 96 valence electrons. The van der Waals surface area contributed by atoms with Crippen LogP contribution in [-0.4, -0.2) is 24.2 Å². The second kappa shape index (κ2) is 6.24. The Labute approximate surface area is 99.9 Å². The lowest BCUT2D eigenvalue weighted by atomic mass is 9.98. The number of nitrogens with one attached hydrogen (secondary N) is 1. The number of carbonyl (C=O) groups is 1. The zero-order valence-corrected chi connectivity index (χ0v) is 11.8. The monoisotopic (exact) mass is 229 g/mol. The third-order valence-corrected chi connectivity index (χ3v) is 2.64. The Morgan fingerprint density at radius 1 is 1.19 bits per heavy atom. The molecule has 0 amide bonds. The van der Waals surface area contributed by atoms with E-state index in [9.17, 15) is 4.79 Å². The summed E-state index contributed by atoms with van der Waals surface area (Å²) in [5, 5.41) is 3.21. The normalized spacial score (nSPS) is 16.0. The molecule has 0 radical (unpaired) electrons. The van der Waals surface area contributed by atoms with E-state index in [0.717, 1.165) is 6.54 Å². The van der Waals surface area contributed by atoms with Crippen LogP contribution in [0.5, 0.6) is 0 Å². The minimum atomic E-state index is -0.406. The van der Waals surface area contributed by atoms with E-state index in [4.69, 9.17) is 4.74 Å². The molecule has 0 aliphatic carbocycles. The largest absolute Gasteiger partial charge is 0.459 e. The second-order valence-electron chi connectivity index (χ2n) is 5.88. The molecule has 1 N–H and O–H groups in total. The molecule has 2 unspecified atom stereocenters. The fourth-order valence-electron chi connectivity index (χ4n) is 1.07. The van der Waals surface area contributed by atoms with E-state index in [1.165, 1.54) is 0 Å². The number of ether oxygens (including phenoxy) is 1. The quantitative estimate of drug-likeness (QED) is 0.736. The van der Waals surface area contributed by atoms with E-state index in [-0.39, 0.29) is 12.0 Å². The number of hydrogen-bond acceptors (Lipinski definition) is 3. The predicted octanol–water partition coefficient (Wildman–Crippen LogP) is 2.60. The van der Waals surface area contributed by atoms with Gasteiger partial charge >= 0.3 is 5.97 Å². The Morgan fingerprint density at radius 3 is 2.06 bits per heavy atom. The van der Waals surface area contributed by atoms with Crippen molar-refractivity contribution in [3.8, 4) is 0 Å². The average Bonchev–Trinajstić information content (AvgIpc) is 2.10. The Morgan fingerprint density at radius 2 is 1.69 bits per heavy atom. The van der Waals surface area contributed by atoms with Crippen molar-refractivity contribution in [1.82, 2.24) is 5.32 Å². The molecule has 0 saturated carbocycles. The topological polar surface area (TPSA) is 38.3 Å². The summed E-state index contributed by atoms with van der Waals surface area (Å²) in [5.74, 6) is 1.01. The molecule has 16 heavy (non-hydrogen) atoms. The van der Waals surface area contributed by atoms with Crippen LogP contribution in [0.25, 0.3) is 0 Å². The number of carbonyl (C=O) groups excluding carboxylic acids is 1. The smallest absolute Gasteiger partial charge is 0.323 e. The number of hydrogen-bond donors (Lipinski definition) is 1. The summed E-state index contributed by atoms with van der Waals surface area (Å²) >= 11 is 0. The SMILES string of the molecule is CC(NCC(C)C(C)C)C(=O)OC(C)(C)C. The predicted molar refractivity (Wildman–Crippen MR) is 67.3 cm³/mol. The van der Waals surface area contributed by atoms with E-state index in [1.807, 2.05) is 27.7 Å². The fourth-order valence-corrected chi connectivity index (χ4v) is 1.07. The van der Waals surface area contributed by atoms with Crippen LogP contribution in [0.15, 0.2) is 0 Å². The van der Waals surface area contributed by atoms with Crippen molar-refractivity contribution in [2.24, 2.45) is 11.8 Å². The highest BCUT2D eigenvalue weighted by atomic mass is 16.6.